The Balaban J connectivity index is 2.03. The molecule has 0 aromatic rings. The van der Waals surface area contributed by atoms with Gasteiger partial charge in [0.05, 0.1) is 19.8 Å². The molecule has 0 amide bonds. The maximum Gasteiger partial charge on any atom is 0.337 e. The van der Waals surface area contributed by atoms with E-state index in [1.807, 2.05) is 0 Å². The van der Waals surface area contributed by atoms with Crippen molar-refractivity contribution in [2.45, 2.75) is 38.8 Å². The molecular formula is C13H28O4Si. The first-order valence-electron chi connectivity index (χ1n) is 6.85. The minimum absolute atomic E-state index is 0.265. The fourth-order valence-electron chi connectivity index (χ4n) is 2.20. The van der Waals surface area contributed by atoms with E-state index in [0.717, 1.165) is 51.4 Å². The van der Waals surface area contributed by atoms with Crippen LogP contribution in [0.3, 0.4) is 0 Å². The number of hydrogen-bond acceptors (Lipinski definition) is 4. The van der Waals surface area contributed by atoms with Crippen LogP contribution in [-0.2, 0) is 18.3 Å². The second-order valence-electron chi connectivity index (χ2n) is 5.49. The van der Waals surface area contributed by atoms with E-state index in [9.17, 15) is 0 Å². The van der Waals surface area contributed by atoms with E-state index in [2.05, 4.69) is 13.8 Å². The number of ether oxygens (including phenoxy) is 2. The van der Waals surface area contributed by atoms with Crippen molar-refractivity contribution < 1.29 is 18.3 Å². The lowest BCUT2D eigenvalue weighted by atomic mass is 9.90. The first kappa shape index (κ1) is 16.1. The zero-order valence-electron chi connectivity index (χ0n) is 12.3. The van der Waals surface area contributed by atoms with Crippen molar-refractivity contribution in [2.75, 3.05) is 40.6 Å². The topological polar surface area (TPSA) is 36.9 Å². The molecule has 0 N–H and O–H groups in total. The lowest BCUT2D eigenvalue weighted by molar-refractivity contribution is -0.137. The van der Waals surface area contributed by atoms with Crippen LogP contribution >= 0.6 is 0 Å². The van der Waals surface area contributed by atoms with Crippen LogP contribution in [0.1, 0.15) is 26.7 Å². The molecule has 0 bridgehead atoms. The molecule has 4 nitrogen and oxygen atoms in total. The summed E-state index contributed by atoms with van der Waals surface area (Å²) in [5.74, 6) is 0. The van der Waals surface area contributed by atoms with Gasteiger partial charge in [0.15, 0.2) is 0 Å². The zero-order valence-corrected chi connectivity index (χ0v) is 13.3. The molecule has 0 atom stereocenters. The Morgan fingerprint density at radius 1 is 1.17 bits per heavy atom. The largest absolute Gasteiger partial charge is 0.398 e. The quantitative estimate of drug-likeness (QED) is 0.454. The Kier molecular flexibility index (Phi) is 6.80. The molecule has 108 valence electrons. The van der Waals surface area contributed by atoms with Crippen molar-refractivity contribution in [2.24, 2.45) is 5.41 Å². The van der Waals surface area contributed by atoms with E-state index in [0.29, 0.717) is 0 Å². The second-order valence-corrected chi connectivity index (χ2v) is 9.33. The Hall–Kier alpha value is 0.0569. The van der Waals surface area contributed by atoms with Crippen LogP contribution in [0.2, 0.25) is 12.1 Å². The molecule has 1 fully saturated rings. The van der Waals surface area contributed by atoms with Crippen LogP contribution < -0.4 is 0 Å². The van der Waals surface area contributed by atoms with E-state index in [1.165, 1.54) is 0 Å². The predicted molar refractivity (Wildman–Crippen MR) is 74.0 cm³/mol. The summed E-state index contributed by atoms with van der Waals surface area (Å²) < 4.78 is 22.1. The summed E-state index contributed by atoms with van der Waals surface area (Å²) in [6.45, 7) is 7.68. The molecule has 1 rings (SSSR count). The van der Waals surface area contributed by atoms with Gasteiger partial charge in [0.1, 0.15) is 0 Å². The summed E-state index contributed by atoms with van der Waals surface area (Å²) in [5, 5.41) is 0. The van der Waals surface area contributed by atoms with Gasteiger partial charge in [-0.2, -0.15) is 0 Å². The SMILES string of the molecule is CC[Si](CCCCOCC1(C)COC1)(OC)OC. The highest BCUT2D eigenvalue weighted by atomic mass is 28.4. The highest BCUT2D eigenvalue weighted by Crippen LogP contribution is 2.26. The average Bonchev–Trinajstić information content (AvgIpc) is 2.37. The third-order valence-corrected chi connectivity index (χ3v) is 7.41. The summed E-state index contributed by atoms with van der Waals surface area (Å²) in [4.78, 5) is 0. The standard InChI is InChI=1S/C13H28O4Si/c1-5-18(14-3,15-4)9-7-6-8-16-10-13(2)11-17-12-13/h5-12H2,1-4H3. The van der Waals surface area contributed by atoms with Gasteiger partial charge in [0.2, 0.25) is 0 Å². The van der Waals surface area contributed by atoms with E-state index in [4.69, 9.17) is 18.3 Å². The third kappa shape index (κ3) is 4.62. The number of rotatable bonds is 10. The van der Waals surface area contributed by atoms with E-state index < -0.39 is 8.56 Å². The fourth-order valence-corrected chi connectivity index (χ4v) is 4.50. The minimum Gasteiger partial charge on any atom is -0.398 e. The highest BCUT2D eigenvalue weighted by Gasteiger charge is 2.34. The molecule has 1 aliphatic heterocycles. The Morgan fingerprint density at radius 2 is 1.83 bits per heavy atom. The van der Waals surface area contributed by atoms with Crippen LogP contribution in [-0.4, -0.2) is 49.2 Å². The fraction of sp³-hybridized carbons (Fsp3) is 1.00. The molecule has 1 saturated heterocycles. The van der Waals surface area contributed by atoms with Crippen molar-refractivity contribution in [1.82, 2.24) is 0 Å². The molecule has 18 heavy (non-hydrogen) atoms. The van der Waals surface area contributed by atoms with Crippen molar-refractivity contribution in [1.29, 1.82) is 0 Å². The van der Waals surface area contributed by atoms with E-state index in [1.54, 1.807) is 14.2 Å². The molecule has 1 heterocycles. The van der Waals surface area contributed by atoms with Gasteiger partial charge in [0, 0.05) is 26.2 Å². The van der Waals surface area contributed by atoms with Gasteiger partial charge in [-0.25, -0.2) is 0 Å². The summed E-state index contributed by atoms with van der Waals surface area (Å²) in [6.07, 6.45) is 2.20. The normalized spacial score (nSPS) is 18.7. The third-order valence-electron chi connectivity index (χ3n) is 3.73. The number of hydrogen-bond donors (Lipinski definition) is 0. The first-order valence-corrected chi connectivity index (χ1v) is 9.09. The summed E-state index contributed by atoms with van der Waals surface area (Å²) in [7, 11) is 1.66. The van der Waals surface area contributed by atoms with Crippen LogP contribution in [0, 0.1) is 5.41 Å². The van der Waals surface area contributed by atoms with E-state index in [-0.39, 0.29) is 5.41 Å². The summed E-state index contributed by atoms with van der Waals surface area (Å²) in [5.41, 5.74) is 0.265. The molecule has 0 saturated carbocycles. The molecule has 1 aliphatic rings. The lowest BCUT2D eigenvalue weighted by Crippen LogP contribution is -2.43. The van der Waals surface area contributed by atoms with Gasteiger partial charge in [-0.3, -0.25) is 0 Å². The average molecular weight is 276 g/mol. The Morgan fingerprint density at radius 3 is 2.28 bits per heavy atom. The molecule has 0 aromatic carbocycles. The van der Waals surface area contributed by atoms with E-state index >= 15 is 0 Å². The van der Waals surface area contributed by atoms with Gasteiger partial charge in [-0.05, 0) is 24.9 Å². The Labute approximate surface area is 112 Å². The molecule has 0 aliphatic carbocycles. The number of unbranched alkanes of at least 4 members (excludes halogenated alkanes) is 1. The van der Waals surface area contributed by atoms with Gasteiger partial charge < -0.3 is 18.3 Å². The molecule has 5 heteroatoms. The molecule has 0 spiro atoms. The van der Waals surface area contributed by atoms with Crippen LogP contribution in [0.25, 0.3) is 0 Å². The van der Waals surface area contributed by atoms with Crippen molar-refractivity contribution >= 4 is 8.56 Å². The monoisotopic (exact) mass is 276 g/mol. The lowest BCUT2D eigenvalue weighted by Gasteiger charge is -2.37. The molecule has 0 radical (unpaired) electrons. The van der Waals surface area contributed by atoms with Gasteiger partial charge in [0.25, 0.3) is 0 Å². The predicted octanol–water partition coefficient (Wildman–Crippen LogP) is 2.57. The smallest absolute Gasteiger partial charge is 0.337 e. The van der Waals surface area contributed by atoms with Crippen LogP contribution in [0.15, 0.2) is 0 Å². The zero-order chi connectivity index (χ0) is 13.5. The van der Waals surface area contributed by atoms with Crippen molar-refractivity contribution in [3.8, 4) is 0 Å². The van der Waals surface area contributed by atoms with Crippen LogP contribution in [0.5, 0.6) is 0 Å². The highest BCUT2D eigenvalue weighted by molar-refractivity contribution is 6.67. The maximum absolute atomic E-state index is 5.71. The van der Waals surface area contributed by atoms with Gasteiger partial charge in [-0.1, -0.05) is 13.8 Å². The van der Waals surface area contributed by atoms with Crippen molar-refractivity contribution in [3.05, 3.63) is 0 Å². The van der Waals surface area contributed by atoms with Gasteiger partial charge in [-0.15, -0.1) is 0 Å². The summed E-state index contributed by atoms with van der Waals surface area (Å²) in [6, 6.07) is 2.07. The van der Waals surface area contributed by atoms with Crippen LogP contribution in [0.4, 0.5) is 0 Å². The minimum atomic E-state index is -1.89. The summed E-state index contributed by atoms with van der Waals surface area (Å²) >= 11 is 0. The molecular weight excluding hydrogens is 248 g/mol. The van der Waals surface area contributed by atoms with Gasteiger partial charge >= 0.3 is 8.56 Å². The Bertz CT molecular complexity index is 219. The molecule has 0 aromatic heterocycles. The second kappa shape index (κ2) is 7.60. The molecule has 0 unspecified atom stereocenters. The van der Waals surface area contributed by atoms with Crippen molar-refractivity contribution in [3.63, 3.8) is 0 Å². The maximum atomic E-state index is 5.71. The first-order chi connectivity index (χ1) is 8.60.